The van der Waals surface area contributed by atoms with Gasteiger partial charge in [0.2, 0.25) is 0 Å². The van der Waals surface area contributed by atoms with Gasteiger partial charge in [-0.2, -0.15) is 0 Å². The molecule has 1 heterocycles. The van der Waals surface area contributed by atoms with E-state index in [-0.39, 0.29) is 16.9 Å². The molecule has 1 aliphatic heterocycles. The topological polar surface area (TPSA) is 58.9 Å². The number of esters is 1. The molecule has 1 N–H and O–H groups in total. The maximum Gasteiger partial charge on any atom is 0.334 e. The third-order valence-electron chi connectivity index (χ3n) is 6.79. The molecule has 2 fully saturated rings. The number of carbonyl (C=O) groups is 1. The van der Waals surface area contributed by atoms with Crippen LogP contribution in [-0.4, -0.2) is 28.9 Å². The molecule has 0 amide bonds. The number of rotatable bonds is 2. The maximum atomic E-state index is 12.6. The highest BCUT2D eigenvalue weighted by molar-refractivity contribution is 6.31. The van der Waals surface area contributed by atoms with Crippen LogP contribution in [0.1, 0.15) is 45.3 Å². The van der Waals surface area contributed by atoms with Gasteiger partial charge in [0.1, 0.15) is 12.2 Å². The molecule has 128 valence electrons. The number of halogens is 1. The molecule has 0 saturated heterocycles. The van der Waals surface area contributed by atoms with Crippen LogP contribution in [-0.2, 0) is 9.53 Å². The summed E-state index contributed by atoms with van der Waals surface area (Å²) in [7, 11) is 0. The Kier molecular flexibility index (Phi) is 3.39. The van der Waals surface area contributed by atoms with E-state index in [0.717, 1.165) is 18.6 Å². The van der Waals surface area contributed by atoms with Gasteiger partial charge in [-0.25, -0.2) is 4.79 Å². The number of nitrogens with zero attached hydrogens (tertiary/aromatic N) is 1. The second kappa shape index (κ2) is 5.06. The Labute approximate surface area is 146 Å². The molecule has 0 spiro atoms. The van der Waals surface area contributed by atoms with Crippen molar-refractivity contribution in [3.8, 4) is 0 Å². The predicted octanol–water partition coefficient (Wildman–Crippen LogP) is 3.56. The molecule has 2 bridgehead atoms. The molecule has 1 aromatic rings. The summed E-state index contributed by atoms with van der Waals surface area (Å²) in [5.41, 5.74) is 1.43. The molecule has 0 aromatic heterocycles. The minimum atomic E-state index is -1.09. The van der Waals surface area contributed by atoms with Crippen LogP contribution in [0.3, 0.4) is 0 Å². The molecule has 4 nitrogen and oxygen atoms in total. The zero-order valence-electron chi connectivity index (χ0n) is 14.1. The summed E-state index contributed by atoms with van der Waals surface area (Å²) < 4.78 is 5.81. The number of hydrogen-bond donors (Lipinski definition) is 1. The van der Waals surface area contributed by atoms with Crippen LogP contribution in [0.15, 0.2) is 29.3 Å². The van der Waals surface area contributed by atoms with Crippen LogP contribution in [0.5, 0.6) is 0 Å². The van der Waals surface area contributed by atoms with Gasteiger partial charge in [-0.15, -0.1) is 0 Å². The zero-order chi connectivity index (χ0) is 17.3. The number of benzene rings is 1. The van der Waals surface area contributed by atoms with Gasteiger partial charge in [-0.3, -0.25) is 4.99 Å². The molecule has 3 aliphatic rings. The molecule has 2 aliphatic carbocycles. The lowest BCUT2D eigenvalue weighted by atomic mass is 9.70. The van der Waals surface area contributed by atoms with Gasteiger partial charge < -0.3 is 9.84 Å². The van der Waals surface area contributed by atoms with Gasteiger partial charge in [0, 0.05) is 21.9 Å². The lowest BCUT2D eigenvalue weighted by Crippen LogP contribution is -2.47. The fraction of sp³-hybridized carbons (Fsp3) is 0.579. The lowest BCUT2D eigenvalue weighted by molar-refractivity contribution is -0.158. The predicted molar refractivity (Wildman–Crippen MR) is 92.1 cm³/mol. The average molecular weight is 348 g/mol. The van der Waals surface area contributed by atoms with Crippen molar-refractivity contribution in [3.05, 3.63) is 34.9 Å². The summed E-state index contributed by atoms with van der Waals surface area (Å²) in [5.74, 6) is -0.151. The van der Waals surface area contributed by atoms with Crippen LogP contribution in [0.4, 0.5) is 0 Å². The monoisotopic (exact) mass is 347 g/mol. The van der Waals surface area contributed by atoms with E-state index >= 15 is 0 Å². The van der Waals surface area contributed by atoms with Crippen molar-refractivity contribution in [3.63, 3.8) is 0 Å². The molecule has 5 atom stereocenters. The number of aliphatic hydroxyl groups is 1. The molecule has 1 aromatic carbocycles. The van der Waals surface area contributed by atoms with E-state index in [4.69, 9.17) is 21.3 Å². The van der Waals surface area contributed by atoms with E-state index in [1.54, 1.807) is 24.3 Å². The molecule has 24 heavy (non-hydrogen) atoms. The smallest absolute Gasteiger partial charge is 0.334 e. The van der Waals surface area contributed by atoms with Crippen molar-refractivity contribution < 1.29 is 14.6 Å². The summed E-state index contributed by atoms with van der Waals surface area (Å²) >= 11 is 6.17. The third-order valence-corrected chi connectivity index (χ3v) is 7.13. The van der Waals surface area contributed by atoms with Crippen LogP contribution in [0.25, 0.3) is 0 Å². The number of ether oxygens (including phenoxy) is 1. The minimum Gasteiger partial charge on any atom is -0.454 e. The summed E-state index contributed by atoms with van der Waals surface area (Å²) in [6.07, 6.45) is 0.758. The molecule has 4 rings (SSSR count). The first-order valence-corrected chi connectivity index (χ1v) is 8.86. The number of aliphatic imine (C=N–C) groups is 1. The van der Waals surface area contributed by atoms with Gasteiger partial charge in [0.25, 0.3) is 0 Å². The first-order chi connectivity index (χ1) is 11.3. The molecule has 0 radical (unpaired) electrons. The Balaban J connectivity index is 1.74. The second-order valence-corrected chi connectivity index (χ2v) is 8.42. The normalized spacial score (nSPS) is 37.6. The van der Waals surface area contributed by atoms with E-state index in [9.17, 15) is 9.90 Å². The average Bonchev–Trinajstić information content (AvgIpc) is 2.86. The van der Waals surface area contributed by atoms with Crippen molar-refractivity contribution in [1.29, 1.82) is 0 Å². The number of hydrogen-bond acceptors (Lipinski definition) is 4. The van der Waals surface area contributed by atoms with Gasteiger partial charge in [0.05, 0.1) is 5.71 Å². The maximum absolute atomic E-state index is 12.6. The van der Waals surface area contributed by atoms with Gasteiger partial charge in [-0.05, 0) is 24.3 Å². The minimum absolute atomic E-state index is 0.0427. The first kappa shape index (κ1) is 16.1. The van der Waals surface area contributed by atoms with Crippen molar-refractivity contribution >= 4 is 23.3 Å². The fourth-order valence-electron chi connectivity index (χ4n) is 4.85. The SMILES string of the molecule is CC1(C)[C@@H]2CC[C@@]1(C)[C@@H]1OC(=O)[C@@H]([C@@H](O)c3ccccc3Cl)N=C21. The van der Waals surface area contributed by atoms with Crippen LogP contribution >= 0.6 is 11.6 Å². The molecule has 0 unspecified atom stereocenters. The Morgan fingerprint density at radius 3 is 2.75 bits per heavy atom. The quantitative estimate of drug-likeness (QED) is 0.832. The zero-order valence-corrected chi connectivity index (χ0v) is 14.9. The molecular weight excluding hydrogens is 326 g/mol. The van der Waals surface area contributed by atoms with E-state index in [1.807, 2.05) is 0 Å². The van der Waals surface area contributed by atoms with Crippen molar-refractivity contribution in [2.75, 3.05) is 0 Å². The first-order valence-electron chi connectivity index (χ1n) is 8.48. The van der Waals surface area contributed by atoms with E-state index in [2.05, 4.69) is 20.8 Å². The van der Waals surface area contributed by atoms with Crippen LogP contribution < -0.4 is 0 Å². The Hall–Kier alpha value is -1.39. The molecular formula is C19H22ClNO3. The number of fused-ring (bicyclic) bond motifs is 5. The van der Waals surface area contributed by atoms with E-state index < -0.39 is 18.1 Å². The van der Waals surface area contributed by atoms with Crippen molar-refractivity contribution in [2.45, 2.75) is 51.9 Å². The Morgan fingerprint density at radius 2 is 2.04 bits per heavy atom. The third kappa shape index (κ3) is 1.90. The highest BCUT2D eigenvalue weighted by Gasteiger charge is 2.67. The van der Waals surface area contributed by atoms with Gasteiger partial charge in [0.15, 0.2) is 6.04 Å². The standard InChI is InChI=1S/C19H22ClNO3/c1-18(2)11-8-9-19(18,3)16-13(11)21-14(17(23)24-16)15(22)10-6-4-5-7-12(10)20/h4-7,11,14-16,22H,8-9H2,1-3H3/t11-,14-,15+,16-,19+/m1/s1. The lowest BCUT2D eigenvalue weighted by Gasteiger charge is -2.39. The number of carbonyl (C=O) groups excluding carboxylic acids is 1. The summed E-state index contributed by atoms with van der Waals surface area (Å²) in [4.78, 5) is 17.3. The molecule has 5 heteroatoms. The van der Waals surface area contributed by atoms with Crippen molar-refractivity contribution in [1.82, 2.24) is 0 Å². The summed E-state index contributed by atoms with van der Waals surface area (Å²) in [6, 6.07) is 6.06. The number of aliphatic hydroxyl groups excluding tert-OH is 1. The Morgan fingerprint density at radius 1 is 1.33 bits per heavy atom. The second-order valence-electron chi connectivity index (χ2n) is 8.01. The van der Waals surface area contributed by atoms with Crippen LogP contribution in [0.2, 0.25) is 5.02 Å². The summed E-state index contributed by atoms with van der Waals surface area (Å²) in [6.45, 7) is 6.66. The van der Waals surface area contributed by atoms with Gasteiger partial charge in [-0.1, -0.05) is 50.6 Å². The fourth-order valence-corrected chi connectivity index (χ4v) is 5.10. The highest BCUT2D eigenvalue weighted by atomic mass is 35.5. The highest BCUT2D eigenvalue weighted by Crippen LogP contribution is 2.65. The van der Waals surface area contributed by atoms with Crippen molar-refractivity contribution in [2.24, 2.45) is 21.7 Å². The Bertz CT molecular complexity index is 744. The largest absolute Gasteiger partial charge is 0.454 e. The van der Waals surface area contributed by atoms with Gasteiger partial charge >= 0.3 is 5.97 Å². The molecule has 2 saturated carbocycles. The summed E-state index contributed by atoms with van der Waals surface area (Å²) in [5, 5.41) is 11.1. The van der Waals surface area contributed by atoms with Crippen LogP contribution in [0, 0.1) is 16.7 Å². The van der Waals surface area contributed by atoms with E-state index in [1.165, 1.54) is 0 Å². The van der Waals surface area contributed by atoms with E-state index in [0.29, 0.717) is 16.5 Å².